The van der Waals surface area contributed by atoms with E-state index in [1.165, 1.54) is 18.3 Å². The molecule has 2 aromatic carbocycles. The fourth-order valence-electron chi connectivity index (χ4n) is 3.40. The quantitative estimate of drug-likeness (QED) is 0.390. The molecule has 0 fully saturated rings. The van der Waals surface area contributed by atoms with E-state index in [-0.39, 0.29) is 34.9 Å². The van der Waals surface area contributed by atoms with Gasteiger partial charge in [-0.2, -0.15) is 0 Å². The second-order valence-electron chi connectivity index (χ2n) is 7.63. The van der Waals surface area contributed by atoms with E-state index in [1.54, 1.807) is 18.2 Å². The molecule has 2 heterocycles. The number of rotatable bonds is 8. The second-order valence-corrected chi connectivity index (χ2v) is 9.38. The molecular formula is C24H20FN3O5S. The van der Waals surface area contributed by atoms with Crippen LogP contribution in [0.3, 0.4) is 0 Å². The third-order valence-corrected chi connectivity index (χ3v) is 5.45. The number of carboxylic acids is 1. The van der Waals surface area contributed by atoms with Crippen molar-refractivity contribution in [1.82, 2.24) is 9.97 Å². The largest absolute Gasteiger partial charge is 0.484 e. The molecule has 0 bridgehead atoms. The first-order valence-corrected chi connectivity index (χ1v) is 12.0. The van der Waals surface area contributed by atoms with Gasteiger partial charge in [-0.15, -0.1) is 0 Å². The van der Waals surface area contributed by atoms with E-state index >= 15 is 0 Å². The molecule has 0 spiro atoms. The van der Waals surface area contributed by atoms with E-state index < -0.39 is 21.7 Å². The van der Waals surface area contributed by atoms with Crippen molar-refractivity contribution in [3.05, 3.63) is 95.1 Å². The van der Waals surface area contributed by atoms with E-state index in [0.29, 0.717) is 12.0 Å². The van der Waals surface area contributed by atoms with Gasteiger partial charge in [0.25, 0.3) is 0 Å². The fourth-order valence-corrected chi connectivity index (χ4v) is 3.91. The Morgan fingerprint density at radius 2 is 1.76 bits per heavy atom. The maximum Gasteiger partial charge on any atom is 0.358 e. The zero-order chi connectivity index (χ0) is 24.3. The van der Waals surface area contributed by atoms with Gasteiger partial charge in [0.1, 0.15) is 23.8 Å². The molecule has 0 amide bonds. The molecule has 0 aliphatic carbocycles. The summed E-state index contributed by atoms with van der Waals surface area (Å²) in [6.07, 6.45) is 2.87. The van der Waals surface area contributed by atoms with Crippen molar-refractivity contribution in [1.29, 1.82) is 0 Å². The summed E-state index contributed by atoms with van der Waals surface area (Å²) in [5.74, 6) is -1.99. The number of anilines is 1. The molecular weight excluding hydrogens is 461 g/mol. The van der Waals surface area contributed by atoms with E-state index in [0.717, 1.165) is 17.4 Å². The Bertz CT molecular complexity index is 1460. The molecule has 4 aromatic rings. The third-order valence-electron chi connectivity index (χ3n) is 4.89. The Labute approximate surface area is 195 Å². The van der Waals surface area contributed by atoms with E-state index in [9.17, 15) is 22.7 Å². The summed E-state index contributed by atoms with van der Waals surface area (Å²) in [6, 6.07) is 16.8. The highest BCUT2D eigenvalue weighted by molar-refractivity contribution is 7.92. The van der Waals surface area contributed by atoms with Crippen LogP contribution >= 0.6 is 0 Å². The molecule has 0 aliphatic heterocycles. The molecule has 0 radical (unpaired) electrons. The molecule has 0 unspecified atom stereocenters. The summed E-state index contributed by atoms with van der Waals surface area (Å²) in [7, 11) is -3.77. The highest BCUT2D eigenvalue weighted by Gasteiger charge is 2.23. The second kappa shape index (κ2) is 9.44. The van der Waals surface area contributed by atoms with Crippen molar-refractivity contribution >= 4 is 32.7 Å². The Hall–Kier alpha value is -4.05. The van der Waals surface area contributed by atoms with Crippen LogP contribution < -0.4 is 9.46 Å². The maximum absolute atomic E-state index is 13.2. The molecule has 8 nitrogen and oxygen atoms in total. The molecule has 4 rings (SSSR count). The maximum atomic E-state index is 13.2. The number of aromatic carboxylic acids is 1. The Morgan fingerprint density at radius 3 is 2.41 bits per heavy atom. The first kappa shape index (κ1) is 23.1. The fraction of sp³-hybridized carbons (Fsp3) is 0.125. The number of aromatic nitrogens is 2. The number of ether oxygens (including phenoxy) is 1. The summed E-state index contributed by atoms with van der Waals surface area (Å²) in [6.45, 7) is 0.0652. The molecule has 2 aromatic heterocycles. The van der Waals surface area contributed by atoms with Gasteiger partial charge < -0.3 is 9.84 Å². The normalized spacial score (nSPS) is 11.4. The van der Waals surface area contributed by atoms with Crippen LogP contribution in [-0.4, -0.2) is 35.7 Å². The van der Waals surface area contributed by atoms with Crippen LogP contribution in [0.4, 0.5) is 10.2 Å². The Balaban J connectivity index is 1.83. The average Bonchev–Trinajstić information content (AvgIpc) is 2.79. The summed E-state index contributed by atoms with van der Waals surface area (Å²) in [5.41, 5.74) is 1.99. The Kier molecular flexibility index (Phi) is 6.42. The molecule has 0 atom stereocenters. The van der Waals surface area contributed by atoms with Gasteiger partial charge in [0.2, 0.25) is 10.0 Å². The number of pyridine rings is 2. The van der Waals surface area contributed by atoms with Crippen molar-refractivity contribution in [2.45, 2.75) is 13.0 Å². The molecule has 0 saturated carbocycles. The molecule has 2 N–H and O–H groups in total. The van der Waals surface area contributed by atoms with Gasteiger partial charge in [-0.25, -0.2) is 22.6 Å². The zero-order valence-electron chi connectivity index (χ0n) is 18.0. The minimum atomic E-state index is -3.77. The Morgan fingerprint density at radius 1 is 1.06 bits per heavy atom. The average molecular weight is 482 g/mol. The number of carbonyl (C=O) groups is 1. The lowest BCUT2D eigenvalue weighted by atomic mass is 10.0. The van der Waals surface area contributed by atoms with Crippen molar-refractivity contribution in [2.75, 3.05) is 11.0 Å². The molecule has 174 valence electrons. The van der Waals surface area contributed by atoms with Gasteiger partial charge in [-0.05, 0) is 41.3 Å². The standard InChI is InChI=1S/C24H20FN3O5S/c1-34(31,32)28-23-19-12-17(11-15-7-9-18(25)10-8-15)13-26-20(19)22(21(27-23)24(29)30)33-14-16-5-3-2-4-6-16/h2-10,12-13H,11,14H2,1H3,(H,27,28)(H,29,30). The van der Waals surface area contributed by atoms with Gasteiger partial charge >= 0.3 is 5.97 Å². The van der Waals surface area contributed by atoms with Crippen molar-refractivity contribution < 1.29 is 27.4 Å². The lowest BCUT2D eigenvalue weighted by Gasteiger charge is -2.15. The first-order valence-electron chi connectivity index (χ1n) is 10.1. The lowest BCUT2D eigenvalue weighted by molar-refractivity contribution is 0.0685. The number of hydrogen-bond donors (Lipinski definition) is 2. The van der Waals surface area contributed by atoms with Gasteiger partial charge in [0, 0.05) is 11.6 Å². The lowest BCUT2D eigenvalue weighted by Crippen LogP contribution is -2.15. The third kappa shape index (κ3) is 5.46. The van der Waals surface area contributed by atoms with Gasteiger partial charge in [-0.3, -0.25) is 9.71 Å². The van der Waals surface area contributed by atoms with Crippen molar-refractivity contribution in [2.24, 2.45) is 0 Å². The van der Waals surface area contributed by atoms with Gasteiger partial charge in [0.05, 0.1) is 6.26 Å². The number of benzene rings is 2. The van der Waals surface area contributed by atoms with Crippen LogP contribution in [0.1, 0.15) is 27.2 Å². The number of nitrogens with zero attached hydrogens (tertiary/aromatic N) is 2. The van der Waals surface area contributed by atoms with Crippen LogP contribution in [0.15, 0.2) is 66.9 Å². The predicted molar refractivity (Wildman–Crippen MR) is 125 cm³/mol. The monoisotopic (exact) mass is 481 g/mol. The SMILES string of the molecule is CS(=O)(=O)Nc1nc(C(=O)O)c(OCc2ccccc2)c2ncc(Cc3ccc(F)cc3)cc12. The number of fused-ring (bicyclic) bond motifs is 1. The van der Waals surface area contributed by atoms with E-state index in [1.807, 2.05) is 30.3 Å². The van der Waals surface area contributed by atoms with Crippen LogP contribution in [0.5, 0.6) is 5.75 Å². The summed E-state index contributed by atoms with van der Waals surface area (Å²) in [4.78, 5) is 20.4. The number of sulfonamides is 1. The number of carboxylic acid groups (broad SMARTS) is 1. The molecule has 10 heteroatoms. The summed E-state index contributed by atoms with van der Waals surface area (Å²) < 4.78 is 45.2. The topological polar surface area (TPSA) is 118 Å². The van der Waals surface area contributed by atoms with E-state index in [4.69, 9.17) is 4.74 Å². The number of halogens is 1. The van der Waals surface area contributed by atoms with Crippen LogP contribution in [0, 0.1) is 5.82 Å². The predicted octanol–water partition coefficient (Wildman–Crippen LogP) is 4.01. The molecule has 34 heavy (non-hydrogen) atoms. The first-order chi connectivity index (χ1) is 16.2. The number of hydrogen-bond acceptors (Lipinski definition) is 6. The minimum Gasteiger partial charge on any atom is -0.484 e. The van der Waals surface area contributed by atoms with Crippen LogP contribution in [0.2, 0.25) is 0 Å². The zero-order valence-corrected chi connectivity index (χ0v) is 18.8. The van der Waals surface area contributed by atoms with Crippen LogP contribution in [-0.2, 0) is 23.1 Å². The highest BCUT2D eigenvalue weighted by Crippen LogP contribution is 2.34. The summed E-state index contributed by atoms with van der Waals surface area (Å²) in [5, 5.41) is 10.0. The number of nitrogens with one attached hydrogen (secondary N) is 1. The minimum absolute atomic E-state index is 0.0652. The van der Waals surface area contributed by atoms with Gasteiger partial charge in [-0.1, -0.05) is 42.5 Å². The van der Waals surface area contributed by atoms with Gasteiger partial charge in [0.15, 0.2) is 11.4 Å². The molecule has 0 aliphatic rings. The summed E-state index contributed by atoms with van der Waals surface area (Å²) >= 11 is 0. The highest BCUT2D eigenvalue weighted by atomic mass is 32.2. The van der Waals surface area contributed by atoms with Crippen molar-refractivity contribution in [3.63, 3.8) is 0 Å². The van der Waals surface area contributed by atoms with Crippen LogP contribution in [0.25, 0.3) is 10.9 Å². The van der Waals surface area contributed by atoms with E-state index in [2.05, 4.69) is 14.7 Å². The molecule has 0 saturated heterocycles. The smallest absolute Gasteiger partial charge is 0.358 e. The van der Waals surface area contributed by atoms with Crippen molar-refractivity contribution in [3.8, 4) is 5.75 Å².